The van der Waals surface area contributed by atoms with Crippen LogP contribution in [0.3, 0.4) is 0 Å². The maximum absolute atomic E-state index is 13.8. The summed E-state index contributed by atoms with van der Waals surface area (Å²) >= 11 is 0. The van der Waals surface area contributed by atoms with Gasteiger partial charge in [-0.1, -0.05) is 0 Å². The summed E-state index contributed by atoms with van der Waals surface area (Å²) < 4.78 is 19.0. The number of nitrogens with one attached hydrogen (secondary N) is 1. The van der Waals surface area contributed by atoms with E-state index >= 15 is 0 Å². The minimum absolute atomic E-state index is 0.166. The lowest BCUT2D eigenvalue weighted by Crippen LogP contribution is -2.33. The number of amides is 2. The smallest absolute Gasteiger partial charge is 0.414 e. The number of halogens is 1. The highest BCUT2D eigenvalue weighted by atomic mass is 19.1. The van der Waals surface area contributed by atoms with E-state index in [9.17, 15) is 19.1 Å². The standard InChI is InChI=1S/C17H16FN3O4/c1-10(22)20-8-12-9-21(17(24)25-12)11-4-5-13(15(23)7-11)14-3-2-6-19-16(14)18/h2-7,12,23H,8-9H2,1H3,(H,20,22)/t12-/m0/s1. The van der Waals surface area contributed by atoms with Gasteiger partial charge < -0.3 is 15.2 Å². The first-order chi connectivity index (χ1) is 12.0. The molecule has 0 saturated carbocycles. The zero-order chi connectivity index (χ0) is 18.0. The van der Waals surface area contributed by atoms with Crippen LogP contribution in [0.4, 0.5) is 14.9 Å². The number of aromatic hydroxyl groups is 1. The molecule has 1 saturated heterocycles. The summed E-state index contributed by atoms with van der Waals surface area (Å²) in [4.78, 5) is 27.8. The van der Waals surface area contributed by atoms with E-state index < -0.39 is 18.1 Å². The van der Waals surface area contributed by atoms with E-state index in [1.807, 2.05) is 0 Å². The lowest BCUT2D eigenvalue weighted by atomic mass is 10.1. The van der Waals surface area contributed by atoms with E-state index in [1.165, 1.54) is 36.2 Å². The topological polar surface area (TPSA) is 91.8 Å². The number of cyclic esters (lactones) is 1. The Kier molecular flexibility index (Phi) is 4.51. The van der Waals surface area contributed by atoms with Gasteiger partial charge in [-0.2, -0.15) is 4.39 Å². The lowest BCUT2D eigenvalue weighted by molar-refractivity contribution is -0.119. The summed E-state index contributed by atoms with van der Waals surface area (Å²) in [7, 11) is 0. The van der Waals surface area contributed by atoms with Crippen molar-refractivity contribution < 1.29 is 23.8 Å². The fourth-order valence-electron chi connectivity index (χ4n) is 2.60. The molecule has 1 aliphatic heterocycles. The molecule has 2 heterocycles. The Labute approximate surface area is 143 Å². The summed E-state index contributed by atoms with van der Waals surface area (Å²) in [6.07, 6.45) is 0.267. The van der Waals surface area contributed by atoms with Crippen molar-refractivity contribution in [2.75, 3.05) is 18.0 Å². The van der Waals surface area contributed by atoms with E-state index in [0.717, 1.165) is 0 Å². The number of carbonyl (C=O) groups is 2. The van der Waals surface area contributed by atoms with Gasteiger partial charge in [-0.15, -0.1) is 0 Å². The molecule has 2 amide bonds. The predicted molar refractivity (Wildman–Crippen MR) is 87.6 cm³/mol. The highest BCUT2D eigenvalue weighted by Gasteiger charge is 2.32. The van der Waals surface area contributed by atoms with Crippen molar-refractivity contribution in [3.63, 3.8) is 0 Å². The highest BCUT2D eigenvalue weighted by Crippen LogP contribution is 2.34. The van der Waals surface area contributed by atoms with Gasteiger partial charge in [-0.3, -0.25) is 9.69 Å². The molecule has 1 aromatic heterocycles. The van der Waals surface area contributed by atoms with Crippen LogP contribution in [0, 0.1) is 5.95 Å². The molecule has 1 aromatic carbocycles. The minimum atomic E-state index is -0.693. The third-order valence-electron chi connectivity index (χ3n) is 3.80. The summed E-state index contributed by atoms with van der Waals surface area (Å²) in [6, 6.07) is 7.54. The fourth-order valence-corrected chi connectivity index (χ4v) is 2.60. The molecule has 2 aromatic rings. The maximum Gasteiger partial charge on any atom is 0.414 e. The van der Waals surface area contributed by atoms with Crippen molar-refractivity contribution in [3.05, 3.63) is 42.5 Å². The highest BCUT2D eigenvalue weighted by molar-refractivity contribution is 5.91. The van der Waals surface area contributed by atoms with Gasteiger partial charge in [0.2, 0.25) is 11.9 Å². The van der Waals surface area contributed by atoms with Crippen LogP contribution in [-0.2, 0) is 9.53 Å². The second kappa shape index (κ2) is 6.76. The number of nitrogens with zero attached hydrogens (tertiary/aromatic N) is 2. The Balaban J connectivity index is 1.80. The van der Waals surface area contributed by atoms with E-state index in [0.29, 0.717) is 5.69 Å². The minimum Gasteiger partial charge on any atom is -0.507 e. The molecule has 0 spiro atoms. The molecule has 1 atom stereocenters. The number of aromatic nitrogens is 1. The van der Waals surface area contributed by atoms with Gasteiger partial charge in [-0.25, -0.2) is 9.78 Å². The molecule has 1 aliphatic rings. The second-order valence-electron chi connectivity index (χ2n) is 5.60. The van der Waals surface area contributed by atoms with Gasteiger partial charge in [0.15, 0.2) is 0 Å². The third kappa shape index (κ3) is 3.52. The summed E-state index contributed by atoms with van der Waals surface area (Å²) in [5.74, 6) is -1.08. The number of carbonyl (C=O) groups excluding carboxylic acids is 2. The molecule has 0 unspecified atom stereocenters. The number of phenolic OH excluding ortho intramolecular Hbond substituents is 1. The quantitative estimate of drug-likeness (QED) is 0.828. The van der Waals surface area contributed by atoms with Crippen molar-refractivity contribution in [2.45, 2.75) is 13.0 Å². The van der Waals surface area contributed by atoms with Crippen LogP contribution in [0.1, 0.15) is 6.92 Å². The number of phenols is 1. The zero-order valence-electron chi connectivity index (χ0n) is 13.4. The van der Waals surface area contributed by atoms with Crippen LogP contribution < -0.4 is 10.2 Å². The summed E-state index contributed by atoms with van der Waals surface area (Å²) in [5.41, 5.74) is 0.858. The van der Waals surface area contributed by atoms with Crippen LogP contribution in [0.15, 0.2) is 36.5 Å². The Morgan fingerprint density at radius 2 is 2.24 bits per heavy atom. The molecular formula is C17H16FN3O4. The number of anilines is 1. The molecule has 3 rings (SSSR count). The third-order valence-corrected chi connectivity index (χ3v) is 3.80. The summed E-state index contributed by atoms with van der Waals surface area (Å²) in [5, 5.41) is 12.8. The number of hydrogen-bond donors (Lipinski definition) is 2. The molecule has 0 aliphatic carbocycles. The predicted octanol–water partition coefficient (Wildman–Crippen LogP) is 2.05. The van der Waals surface area contributed by atoms with Gasteiger partial charge in [0.05, 0.1) is 18.8 Å². The average Bonchev–Trinajstić information content (AvgIpc) is 2.95. The van der Waals surface area contributed by atoms with E-state index in [1.54, 1.807) is 12.1 Å². The Bertz CT molecular complexity index is 827. The van der Waals surface area contributed by atoms with E-state index in [2.05, 4.69) is 10.3 Å². The van der Waals surface area contributed by atoms with Gasteiger partial charge in [0.25, 0.3) is 0 Å². The largest absolute Gasteiger partial charge is 0.507 e. The van der Waals surface area contributed by atoms with Gasteiger partial charge >= 0.3 is 6.09 Å². The molecule has 0 radical (unpaired) electrons. The van der Waals surface area contributed by atoms with Crippen LogP contribution >= 0.6 is 0 Å². The van der Waals surface area contributed by atoms with Crippen molar-refractivity contribution in [2.24, 2.45) is 0 Å². The molecule has 2 N–H and O–H groups in total. The van der Waals surface area contributed by atoms with Gasteiger partial charge in [0.1, 0.15) is 11.9 Å². The average molecular weight is 345 g/mol. The number of ether oxygens (including phenoxy) is 1. The number of hydrogen-bond acceptors (Lipinski definition) is 5. The van der Waals surface area contributed by atoms with Crippen molar-refractivity contribution >= 4 is 17.7 Å². The number of rotatable bonds is 4. The fraction of sp³-hybridized carbons (Fsp3) is 0.235. The molecule has 130 valence electrons. The lowest BCUT2D eigenvalue weighted by Gasteiger charge is -2.15. The van der Waals surface area contributed by atoms with Gasteiger partial charge in [-0.05, 0) is 24.3 Å². The normalized spacial score (nSPS) is 16.6. The Hall–Kier alpha value is -3.16. The maximum atomic E-state index is 13.8. The van der Waals surface area contributed by atoms with Crippen LogP contribution in [0.2, 0.25) is 0 Å². The molecular weight excluding hydrogens is 329 g/mol. The van der Waals surface area contributed by atoms with Crippen molar-refractivity contribution in [1.82, 2.24) is 10.3 Å². The molecule has 0 bridgehead atoms. The summed E-state index contributed by atoms with van der Waals surface area (Å²) in [6.45, 7) is 1.82. The first-order valence-electron chi connectivity index (χ1n) is 7.62. The zero-order valence-corrected chi connectivity index (χ0v) is 13.4. The monoisotopic (exact) mass is 345 g/mol. The van der Waals surface area contributed by atoms with E-state index in [4.69, 9.17) is 4.74 Å². The second-order valence-corrected chi connectivity index (χ2v) is 5.60. The molecule has 7 nitrogen and oxygen atoms in total. The number of benzene rings is 1. The van der Waals surface area contributed by atoms with Crippen molar-refractivity contribution in [3.8, 4) is 16.9 Å². The SMILES string of the molecule is CC(=O)NC[C@H]1CN(c2ccc(-c3cccnc3F)c(O)c2)C(=O)O1. The number of pyridine rings is 1. The van der Waals surface area contributed by atoms with Gasteiger partial charge in [0, 0.05) is 30.3 Å². The van der Waals surface area contributed by atoms with E-state index in [-0.39, 0.29) is 35.9 Å². The Morgan fingerprint density at radius 1 is 1.44 bits per heavy atom. The first kappa shape index (κ1) is 16.7. The molecule has 8 heteroatoms. The molecule has 25 heavy (non-hydrogen) atoms. The van der Waals surface area contributed by atoms with Crippen LogP contribution in [0.5, 0.6) is 5.75 Å². The van der Waals surface area contributed by atoms with Crippen LogP contribution in [0.25, 0.3) is 11.1 Å². The first-order valence-corrected chi connectivity index (χ1v) is 7.62. The Morgan fingerprint density at radius 3 is 2.92 bits per heavy atom. The van der Waals surface area contributed by atoms with Crippen molar-refractivity contribution in [1.29, 1.82) is 0 Å². The van der Waals surface area contributed by atoms with Crippen LogP contribution in [-0.4, -0.2) is 41.3 Å². The molecule has 1 fully saturated rings.